The van der Waals surface area contributed by atoms with Gasteiger partial charge in [0.05, 0.1) is 6.61 Å². The van der Waals surface area contributed by atoms with Gasteiger partial charge in [-0.1, -0.05) is 34.6 Å². The van der Waals surface area contributed by atoms with Crippen molar-refractivity contribution >= 4 is 5.97 Å². The molecular weight excluding hydrogens is 212 g/mol. The zero-order chi connectivity index (χ0) is 13.4. The van der Waals surface area contributed by atoms with E-state index in [0.717, 1.165) is 18.3 Å². The second-order valence-corrected chi connectivity index (χ2v) is 6.22. The molecule has 0 aliphatic carbocycles. The second-order valence-electron chi connectivity index (χ2n) is 6.22. The summed E-state index contributed by atoms with van der Waals surface area (Å²) in [6, 6.07) is 0. The zero-order valence-corrected chi connectivity index (χ0v) is 12.5. The highest BCUT2D eigenvalue weighted by molar-refractivity contribution is 5.65. The highest BCUT2D eigenvalue weighted by atomic mass is 16.5. The number of hydrogen-bond donors (Lipinski definition) is 0. The lowest BCUT2D eigenvalue weighted by atomic mass is 9.86. The van der Waals surface area contributed by atoms with Gasteiger partial charge in [-0.05, 0) is 42.9 Å². The van der Waals surface area contributed by atoms with Crippen molar-refractivity contribution in [1.82, 2.24) is 0 Å². The summed E-state index contributed by atoms with van der Waals surface area (Å²) in [5, 5.41) is 0. The molecule has 0 aliphatic rings. The Kier molecular flexibility index (Phi) is 8.28. The van der Waals surface area contributed by atoms with Gasteiger partial charge in [0.25, 0.3) is 0 Å². The summed E-state index contributed by atoms with van der Waals surface area (Å²) in [7, 11) is 0. The normalized spacial score (nSPS) is 16.6. The number of esters is 1. The molecule has 0 aromatic heterocycles. The molecule has 0 saturated carbocycles. The van der Waals surface area contributed by atoms with E-state index in [1.807, 2.05) is 0 Å². The maximum absolute atomic E-state index is 10.7. The summed E-state index contributed by atoms with van der Waals surface area (Å²) >= 11 is 0. The first-order valence-electron chi connectivity index (χ1n) is 6.94. The molecule has 0 spiro atoms. The van der Waals surface area contributed by atoms with Crippen LogP contribution in [-0.4, -0.2) is 12.6 Å². The molecule has 0 aliphatic heterocycles. The lowest BCUT2D eigenvalue weighted by Gasteiger charge is -2.21. The Hall–Kier alpha value is -0.530. The van der Waals surface area contributed by atoms with E-state index in [-0.39, 0.29) is 5.97 Å². The zero-order valence-electron chi connectivity index (χ0n) is 12.5. The van der Waals surface area contributed by atoms with Crippen LogP contribution >= 0.6 is 0 Å². The van der Waals surface area contributed by atoms with E-state index >= 15 is 0 Å². The van der Waals surface area contributed by atoms with Crippen molar-refractivity contribution < 1.29 is 9.53 Å². The Balaban J connectivity index is 3.76. The number of carbonyl (C=O) groups is 1. The predicted molar refractivity (Wildman–Crippen MR) is 72.8 cm³/mol. The third kappa shape index (κ3) is 10.3. The Bertz CT molecular complexity index is 211. The van der Waals surface area contributed by atoms with E-state index < -0.39 is 0 Å². The van der Waals surface area contributed by atoms with Crippen LogP contribution in [-0.2, 0) is 9.53 Å². The lowest BCUT2D eigenvalue weighted by molar-refractivity contribution is -0.142. The highest BCUT2D eigenvalue weighted by Crippen LogP contribution is 2.24. The van der Waals surface area contributed by atoms with Crippen LogP contribution in [0.4, 0.5) is 0 Å². The van der Waals surface area contributed by atoms with E-state index in [1.165, 1.54) is 19.8 Å². The van der Waals surface area contributed by atoms with Crippen LogP contribution in [0.15, 0.2) is 0 Å². The van der Waals surface area contributed by atoms with Gasteiger partial charge >= 0.3 is 5.97 Å². The van der Waals surface area contributed by atoms with Gasteiger partial charge in [-0.3, -0.25) is 4.79 Å². The number of rotatable bonds is 8. The molecule has 0 aromatic carbocycles. The van der Waals surface area contributed by atoms with Gasteiger partial charge in [0, 0.05) is 6.92 Å². The van der Waals surface area contributed by atoms with Crippen LogP contribution in [0.2, 0.25) is 0 Å². The molecule has 0 aromatic rings. The van der Waals surface area contributed by atoms with E-state index in [0.29, 0.717) is 18.4 Å². The summed E-state index contributed by atoms with van der Waals surface area (Å²) < 4.78 is 5.04. The summed E-state index contributed by atoms with van der Waals surface area (Å²) in [5.74, 6) is 2.61. The molecule has 0 rings (SSSR count). The van der Waals surface area contributed by atoms with Gasteiger partial charge in [0.1, 0.15) is 0 Å². The Morgan fingerprint density at radius 3 is 1.82 bits per heavy atom. The summed E-state index contributed by atoms with van der Waals surface area (Å²) in [4.78, 5) is 10.7. The van der Waals surface area contributed by atoms with Crippen LogP contribution < -0.4 is 0 Å². The van der Waals surface area contributed by atoms with Gasteiger partial charge in [-0.15, -0.1) is 0 Å². The standard InChI is InChI=1S/C15H30O2/c1-11(2)7-12(3)8-13(4)9-14(5)10-17-15(6)16/h11-14H,7-10H2,1-6H3/t12-,13-,14-/m1/s1. The average molecular weight is 242 g/mol. The van der Waals surface area contributed by atoms with Crippen LogP contribution in [0.5, 0.6) is 0 Å². The molecule has 0 unspecified atom stereocenters. The van der Waals surface area contributed by atoms with Crippen molar-refractivity contribution in [1.29, 1.82) is 0 Å². The SMILES string of the molecule is CC(=O)OC[C@H](C)C[C@H](C)C[C@H](C)CC(C)C. The quantitative estimate of drug-likeness (QED) is 0.594. The highest BCUT2D eigenvalue weighted by Gasteiger charge is 2.14. The van der Waals surface area contributed by atoms with Gasteiger partial charge < -0.3 is 4.74 Å². The first kappa shape index (κ1) is 16.5. The molecule has 0 saturated heterocycles. The molecule has 2 heteroatoms. The van der Waals surface area contributed by atoms with Gasteiger partial charge in [-0.25, -0.2) is 0 Å². The molecular formula is C15H30O2. The molecule has 0 amide bonds. The molecule has 3 atom stereocenters. The minimum absolute atomic E-state index is 0.169. The van der Waals surface area contributed by atoms with Crippen LogP contribution in [0, 0.1) is 23.7 Å². The average Bonchev–Trinajstić information content (AvgIpc) is 2.12. The molecule has 0 bridgehead atoms. The minimum atomic E-state index is -0.169. The molecule has 0 radical (unpaired) electrons. The molecule has 17 heavy (non-hydrogen) atoms. The molecule has 0 N–H and O–H groups in total. The fourth-order valence-electron chi connectivity index (χ4n) is 2.70. The summed E-state index contributed by atoms with van der Waals surface area (Å²) in [6.07, 6.45) is 3.74. The van der Waals surface area contributed by atoms with Crippen LogP contribution in [0.3, 0.4) is 0 Å². The lowest BCUT2D eigenvalue weighted by Crippen LogP contribution is -2.14. The van der Waals surface area contributed by atoms with E-state index in [2.05, 4.69) is 34.6 Å². The van der Waals surface area contributed by atoms with E-state index in [4.69, 9.17) is 4.74 Å². The maximum atomic E-state index is 10.7. The number of hydrogen-bond acceptors (Lipinski definition) is 2. The Morgan fingerprint density at radius 1 is 0.882 bits per heavy atom. The predicted octanol–water partition coefficient (Wildman–Crippen LogP) is 4.28. The minimum Gasteiger partial charge on any atom is -0.466 e. The van der Waals surface area contributed by atoms with Crippen molar-refractivity contribution in [2.45, 2.75) is 60.8 Å². The third-order valence-electron chi connectivity index (χ3n) is 3.05. The summed E-state index contributed by atoms with van der Waals surface area (Å²) in [6.45, 7) is 13.4. The van der Waals surface area contributed by atoms with Crippen molar-refractivity contribution in [3.05, 3.63) is 0 Å². The first-order chi connectivity index (χ1) is 7.81. The fraction of sp³-hybridized carbons (Fsp3) is 0.933. The summed E-state index contributed by atoms with van der Waals surface area (Å²) in [5.41, 5.74) is 0. The smallest absolute Gasteiger partial charge is 0.302 e. The largest absolute Gasteiger partial charge is 0.466 e. The first-order valence-corrected chi connectivity index (χ1v) is 6.94. The molecule has 2 nitrogen and oxygen atoms in total. The Morgan fingerprint density at radius 2 is 1.35 bits per heavy atom. The van der Waals surface area contributed by atoms with Crippen molar-refractivity contribution in [3.8, 4) is 0 Å². The Labute approximate surface area is 107 Å². The maximum Gasteiger partial charge on any atom is 0.302 e. The van der Waals surface area contributed by atoms with Gasteiger partial charge in [0.15, 0.2) is 0 Å². The van der Waals surface area contributed by atoms with E-state index in [9.17, 15) is 4.79 Å². The molecule has 0 heterocycles. The van der Waals surface area contributed by atoms with Crippen molar-refractivity contribution in [2.24, 2.45) is 23.7 Å². The number of ether oxygens (including phenoxy) is 1. The van der Waals surface area contributed by atoms with Crippen molar-refractivity contribution in [3.63, 3.8) is 0 Å². The van der Waals surface area contributed by atoms with Gasteiger partial charge in [0.2, 0.25) is 0 Å². The van der Waals surface area contributed by atoms with Gasteiger partial charge in [-0.2, -0.15) is 0 Å². The topological polar surface area (TPSA) is 26.3 Å². The third-order valence-corrected chi connectivity index (χ3v) is 3.05. The van der Waals surface area contributed by atoms with E-state index in [1.54, 1.807) is 0 Å². The molecule has 0 fully saturated rings. The van der Waals surface area contributed by atoms with Crippen LogP contribution in [0.25, 0.3) is 0 Å². The number of carbonyl (C=O) groups excluding carboxylic acids is 1. The second kappa shape index (κ2) is 8.54. The molecule has 102 valence electrons. The van der Waals surface area contributed by atoms with Crippen molar-refractivity contribution in [2.75, 3.05) is 6.61 Å². The monoisotopic (exact) mass is 242 g/mol. The fourth-order valence-corrected chi connectivity index (χ4v) is 2.70. The van der Waals surface area contributed by atoms with Crippen LogP contribution in [0.1, 0.15) is 60.8 Å².